The second kappa shape index (κ2) is 5.61. The van der Waals surface area contributed by atoms with Gasteiger partial charge in [0.25, 0.3) is 0 Å². The SMILES string of the molecule is CC(C(=O)O)(C(C(=O)O)C1CCCCC1)P(=O)(O)O. The lowest BCUT2D eigenvalue weighted by molar-refractivity contribution is -0.154. The number of carboxylic acid groups (broad SMARTS) is 2. The summed E-state index contributed by atoms with van der Waals surface area (Å²) in [6.07, 6.45) is 3.42. The molecule has 0 bridgehead atoms. The van der Waals surface area contributed by atoms with Crippen LogP contribution >= 0.6 is 7.60 Å². The van der Waals surface area contributed by atoms with Crippen molar-refractivity contribution in [3.05, 3.63) is 0 Å². The first-order valence-electron chi connectivity index (χ1n) is 6.14. The summed E-state index contributed by atoms with van der Waals surface area (Å²) in [6.45, 7) is 0.837. The number of hydrogen-bond donors (Lipinski definition) is 4. The van der Waals surface area contributed by atoms with E-state index < -0.39 is 36.5 Å². The van der Waals surface area contributed by atoms with Crippen LogP contribution in [0.25, 0.3) is 0 Å². The number of rotatable bonds is 5. The van der Waals surface area contributed by atoms with Crippen molar-refractivity contribution in [2.45, 2.75) is 44.2 Å². The summed E-state index contributed by atoms with van der Waals surface area (Å²) in [5.74, 6) is -5.31. The van der Waals surface area contributed by atoms with Gasteiger partial charge in [-0.25, -0.2) is 0 Å². The lowest BCUT2D eigenvalue weighted by Crippen LogP contribution is -2.50. The van der Waals surface area contributed by atoms with Crippen LogP contribution in [-0.2, 0) is 14.2 Å². The molecule has 1 rings (SSSR count). The Labute approximate surface area is 110 Å². The van der Waals surface area contributed by atoms with Crippen LogP contribution in [0.4, 0.5) is 0 Å². The van der Waals surface area contributed by atoms with Crippen LogP contribution in [0.5, 0.6) is 0 Å². The molecule has 1 aliphatic rings. The Balaban J connectivity index is 3.24. The zero-order valence-corrected chi connectivity index (χ0v) is 11.5. The van der Waals surface area contributed by atoms with Crippen LogP contribution < -0.4 is 0 Å². The van der Waals surface area contributed by atoms with E-state index in [2.05, 4.69) is 0 Å². The number of carbonyl (C=O) groups is 2. The van der Waals surface area contributed by atoms with Crippen molar-refractivity contribution in [3.63, 3.8) is 0 Å². The Bertz CT molecular complexity index is 409. The van der Waals surface area contributed by atoms with Gasteiger partial charge in [0.15, 0.2) is 5.16 Å². The summed E-state index contributed by atoms with van der Waals surface area (Å²) in [4.78, 5) is 41.3. The molecule has 4 N–H and O–H groups in total. The molecule has 0 aromatic rings. The van der Waals surface area contributed by atoms with Crippen LogP contribution in [0.2, 0.25) is 0 Å². The average Bonchev–Trinajstić information content (AvgIpc) is 2.28. The molecule has 0 saturated heterocycles. The van der Waals surface area contributed by atoms with Gasteiger partial charge in [0, 0.05) is 0 Å². The Morgan fingerprint density at radius 3 is 1.95 bits per heavy atom. The normalized spacial score (nSPS) is 22.5. The molecule has 0 heterocycles. The first-order valence-corrected chi connectivity index (χ1v) is 7.75. The highest BCUT2D eigenvalue weighted by Crippen LogP contribution is 2.57. The Morgan fingerprint density at radius 1 is 1.16 bits per heavy atom. The minimum atomic E-state index is -5.10. The molecular formula is C11H19O7P. The van der Waals surface area contributed by atoms with Crippen molar-refractivity contribution in [2.24, 2.45) is 11.8 Å². The molecular weight excluding hydrogens is 275 g/mol. The molecule has 7 nitrogen and oxygen atoms in total. The zero-order valence-electron chi connectivity index (χ0n) is 10.7. The maximum absolute atomic E-state index is 11.5. The van der Waals surface area contributed by atoms with Gasteiger partial charge < -0.3 is 20.0 Å². The fourth-order valence-corrected chi connectivity index (χ4v) is 3.74. The topological polar surface area (TPSA) is 132 Å². The fraction of sp³-hybridized carbons (Fsp3) is 0.818. The highest BCUT2D eigenvalue weighted by Gasteiger charge is 2.60. The maximum Gasteiger partial charge on any atom is 0.343 e. The summed E-state index contributed by atoms with van der Waals surface area (Å²) >= 11 is 0. The predicted octanol–water partition coefficient (Wildman–Crippen LogP) is 1.29. The van der Waals surface area contributed by atoms with Gasteiger partial charge in [0.05, 0.1) is 5.92 Å². The molecule has 2 atom stereocenters. The molecule has 0 amide bonds. The molecule has 2 unspecified atom stereocenters. The molecule has 1 fully saturated rings. The quantitative estimate of drug-likeness (QED) is 0.561. The monoisotopic (exact) mass is 294 g/mol. The van der Waals surface area contributed by atoms with Crippen LogP contribution in [0.3, 0.4) is 0 Å². The van der Waals surface area contributed by atoms with Crippen molar-refractivity contribution in [1.82, 2.24) is 0 Å². The molecule has 1 saturated carbocycles. The molecule has 0 aliphatic heterocycles. The first-order chi connectivity index (χ1) is 8.62. The third-order valence-corrected chi connectivity index (χ3v) is 5.71. The standard InChI is InChI=1S/C11H19O7P/c1-11(10(14)15,19(16,17)18)8(9(12)13)7-5-3-2-4-6-7/h7-8H,2-6H2,1H3,(H,12,13)(H,14,15)(H2,16,17,18). The van der Waals surface area contributed by atoms with E-state index in [0.29, 0.717) is 12.8 Å². The smallest absolute Gasteiger partial charge is 0.343 e. The Kier molecular flexibility index (Phi) is 4.76. The van der Waals surface area contributed by atoms with E-state index in [0.717, 1.165) is 26.2 Å². The molecule has 0 aromatic carbocycles. The molecule has 0 spiro atoms. The van der Waals surface area contributed by atoms with E-state index in [1.807, 2.05) is 0 Å². The van der Waals surface area contributed by atoms with E-state index >= 15 is 0 Å². The lowest BCUT2D eigenvalue weighted by atomic mass is 9.74. The summed E-state index contributed by atoms with van der Waals surface area (Å²) in [5.41, 5.74) is 0. The molecule has 8 heteroatoms. The Morgan fingerprint density at radius 2 is 1.63 bits per heavy atom. The summed E-state index contributed by atoms with van der Waals surface area (Å²) < 4.78 is 11.5. The molecule has 1 aliphatic carbocycles. The van der Waals surface area contributed by atoms with Gasteiger partial charge in [-0.1, -0.05) is 19.3 Å². The second-order valence-corrected chi connectivity index (χ2v) is 7.23. The number of hydrogen-bond acceptors (Lipinski definition) is 3. The Hall–Kier alpha value is -0.910. The van der Waals surface area contributed by atoms with Crippen molar-refractivity contribution < 1.29 is 34.2 Å². The minimum Gasteiger partial charge on any atom is -0.481 e. The average molecular weight is 294 g/mol. The molecule has 0 radical (unpaired) electrons. The maximum atomic E-state index is 11.5. The summed E-state index contributed by atoms with van der Waals surface area (Å²) in [7, 11) is -5.10. The lowest BCUT2D eigenvalue weighted by Gasteiger charge is -2.37. The van der Waals surface area contributed by atoms with E-state index in [-0.39, 0.29) is 0 Å². The van der Waals surface area contributed by atoms with Gasteiger partial charge >= 0.3 is 19.5 Å². The van der Waals surface area contributed by atoms with Gasteiger partial charge in [-0.2, -0.15) is 0 Å². The van der Waals surface area contributed by atoms with Gasteiger partial charge in [-0.15, -0.1) is 0 Å². The van der Waals surface area contributed by atoms with Crippen LogP contribution in [0, 0.1) is 11.8 Å². The molecule has 19 heavy (non-hydrogen) atoms. The highest BCUT2D eigenvalue weighted by atomic mass is 31.2. The van der Waals surface area contributed by atoms with E-state index in [9.17, 15) is 29.0 Å². The third-order valence-electron chi connectivity index (χ3n) is 4.03. The van der Waals surface area contributed by atoms with Gasteiger partial charge in [0.2, 0.25) is 0 Å². The summed E-state index contributed by atoms with van der Waals surface area (Å²) in [6, 6.07) is 0. The first kappa shape index (κ1) is 16.1. The van der Waals surface area contributed by atoms with Crippen molar-refractivity contribution in [1.29, 1.82) is 0 Å². The van der Waals surface area contributed by atoms with E-state index in [4.69, 9.17) is 5.11 Å². The van der Waals surface area contributed by atoms with Crippen LogP contribution in [0.1, 0.15) is 39.0 Å². The van der Waals surface area contributed by atoms with Crippen LogP contribution in [-0.4, -0.2) is 37.1 Å². The third kappa shape index (κ3) is 2.99. The van der Waals surface area contributed by atoms with Crippen molar-refractivity contribution in [3.8, 4) is 0 Å². The van der Waals surface area contributed by atoms with E-state index in [1.165, 1.54) is 0 Å². The number of carboxylic acids is 2. The zero-order chi connectivity index (χ0) is 14.8. The van der Waals surface area contributed by atoms with Gasteiger partial charge in [-0.3, -0.25) is 14.2 Å². The van der Waals surface area contributed by atoms with E-state index in [1.54, 1.807) is 0 Å². The fourth-order valence-electron chi connectivity index (χ4n) is 2.81. The van der Waals surface area contributed by atoms with Gasteiger partial charge in [0.1, 0.15) is 0 Å². The van der Waals surface area contributed by atoms with Gasteiger partial charge in [-0.05, 0) is 25.7 Å². The molecule has 0 aromatic heterocycles. The summed E-state index contributed by atoms with van der Waals surface area (Å²) in [5, 5.41) is 15.8. The number of aliphatic carboxylic acids is 2. The molecule has 110 valence electrons. The highest BCUT2D eigenvalue weighted by molar-refractivity contribution is 7.54. The minimum absolute atomic E-state index is 0.486. The van der Waals surface area contributed by atoms with Crippen LogP contribution in [0.15, 0.2) is 0 Å². The second-order valence-electron chi connectivity index (χ2n) is 5.21. The van der Waals surface area contributed by atoms with Crippen molar-refractivity contribution >= 4 is 19.5 Å². The van der Waals surface area contributed by atoms with Crippen molar-refractivity contribution in [2.75, 3.05) is 0 Å². The predicted molar refractivity (Wildman–Crippen MR) is 65.8 cm³/mol. The largest absolute Gasteiger partial charge is 0.481 e.